The van der Waals surface area contributed by atoms with Gasteiger partial charge in [0.15, 0.2) is 21.9 Å². The van der Waals surface area contributed by atoms with E-state index in [0.29, 0.717) is 17.3 Å². The van der Waals surface area contributed by atoms with Gasteiger partial charge in [0.25, 0.3) is 0 Å². The minimum absolute atomic E-state index is 0.0520. The maximum atomic E-state index is 13.2. The summed E-state index contributed by atoms with van der Waals surface area (Å²) >= 11 is 2.95. The molecule has 0 saturated carbocycles. The summed E-state index contributed by atoms with van der Waals surface area (Å²) in [5.74, 6) is 1.83. The van der Waals surface area contributed by atoms with E-state index in [2.05, 4.69) is 27.3 Å². The first-order valence-electron chi connectivity index (χ1n) is 10.8. The highest BCUT2D eigenvalue weighted by Crippen LogP contribution is 2.29. The minimum Gasteiger partial charge on any atom is -0.469 e. The van der Waals surface area contributed by atoms with Crippen molar-refractivity contribution in [2.75, 3.05) is 5.75 Å². The largest absolute Gasteiger partial charge is 0.469 e. The van der Waals surface area contributed by atoms with Crippen molar-refractivity contribution in [3.63, 3.8) is 0 Å². The van der Waals surface area contributed by atoms with E-state index >= 15 is 0 Å². The summed E-state index contributed by atoms with van der Waals surface area (Å²) in [6.07, 6.45) is 3.43. The molecule has 0 spiro atoms. The fourth-order valence-electron chi connectivity index (χ4n) is 3.99. The Morgan fingerprint density at radius 3 is 2.65 bits per heavy atom. The molecule has 5 rings (SSSR count). The van der Waals surface area contributed by atoms with Crippen LogP contribution in [0.15, 0.2) is 69.9 Å². The third kappa shape index (κ3) is 4.24. The first kappa shape index (κ1) is 22.4. The monoisotopic (exact) mass is 489 g/mol. The number of hydrogen-bond donors (Lipinski definition) is 0. The van der Waals surface area contributed by atoms with Gasteiger partial charge in [0.05, 0.1) is 24.1 Å². The first-order valence-corrected chi connectivity index (χ1v) is 12.7. The maximum absolute atomic E-state index is 13.2. The zero-order valence-corrected chi connectivity index (χ0v) is 20.7. The van der Waals surface area contributed by atoms with E-state index < -0.39 is 0 Å². The van der Waals surface area contributed by atoms with Crippen molar-refractivity contribution in [2.45, 2.75) is 32.5 Å². The number of benzene rings is 1. The van der Waals surface area contributed by atoms with Gasteiger partial charge < -0.3 is 4.42 Å². The highest BCUT2D eigenvalue weighted by Gasteiger charge is 2.21. The van der Waals surface area contributed by atoms with Crippen molar-refractivity contribution in [3.05, 3.63) is 88.6 Å². The van der Waals surface area contributed by atoms with Gasteiger partial charge in [0, 0.05) is 28.5 Å². The number of thioether (sulfide) groups is 1. The van der Waals surface area contributed by atoms with E-state index in [-0.39, 0.29) is 11.5 Å². The highest BCUT2D eigenvalue weighted by atomic mass is 32.2. The number of aryl methyl sites for hydroxylation is 2. The summed E-state index contributed by atoms with van der Waals surface area (Å²) < 4.78 is 9.57. The fraction of sp³-hybridized carbons (Fsp3) is 0.200. The average Bonchev–Trinajstić information content (AvgIpc) is 3.62. The lowest BCUT2D eigenvalue weighted by molar-refractivity contribution is 0.102. The lowest BCUT2D eigenvalue weighted by atomic mass is 10.2. The van der Waals surface area contributed by atoms with Crippen molar-refractivity contribution in [2.24, 2.45) is 0 Å². The summed E-state index contributed by atoms with van der Waals surface area (Å²) in [6.45, 7) is 6.46. The van der Waals surface area contributed by atoms with Crippen molar-refractivity contribution in [1.29, 1.82) is 0 Å². The van der Waals surface area contributed by atoms with Crippen LogP contribution in [0.25, 0.3) is 16.5 Å². The molecule has 0 aliphatic heterocycles. The fourth-order valence-corrected chi connectivity index (χ4v) is 5.57. The molecule has 0 atom stereocenters. The Balaban J connectivity index is 1.42. The number of thiazole rings is 1. The Labute approximate surface area is 205 Å². The second kappa shape index (κ2) is 9.44. The lowest BCUT2D eigenvalue weighted by Gasteiger charge is -2.10. The van der Waals surface area contributed by atoms with Crippen LogP contribution in [0.1, 0.15) is 33.1 Å². The molecule has 1 aromatic carbocycles. The summed E-state index contributed by atoms with van der Waals surface area (Å²) in [7, 11) is 0. The van der Waals surface area contributed by atoms with Crippen LogP contribution in [-0.2, 0) is 6.54 Å². The van der Waals surface area contributed by atoms with E-state index in [9.17, 15) is 4.79 Å². The Morgan fingerprint density at radius 1 is 1.12 bits per heavy atom. The second-order valence-corrected chi connectivity index (χ2v) is 9.73. The van der Waals surface area contributed by atoms with Gasteiger partial charge in [0.2, 0.25) is 0 Å². The van der Waals surface area contributed by atoms with Gasteiger partial charge >= 0.3 is 0 Å². The molecular formula is C25H23N5O2S2. The van der Waals surface area contributed by atoms with Gasteiger partial charge in [-0.25, -0.2) is 4.98 Å². The Morgan fingerprint density at radius 2 is 1.94 bits per heavy atom. The Bertz CT molecular complexity index is 1430. The van der Waals surface area contributed by atoms with Gasteiger partial charge in [-0.3, -0.25) is 13.9 Å². The molecule has 0 bridgehead atoms. The van der Waals surface area contributed by atoms with Crippen LogP contribution >= 0.6 is 23.1 Å². The Hall–Kier alpha value is -3.43. The zero-order valence-electron chi connectivity index (χ0n) is 19.1. The smallest absolute Gasteiger partial charge is 0.193 e. The molecule has 4 heterocycles. The third-order valence-electron chi connectivity index (χ3n) is 5.67. The molecule has 7 nitrogen and oxygen atoms in total. The molecule has 0 N–H and O–H groups in total. The topological polar surface area (TPSA) is 78.7 Å². The number of Topliss-reactive ketones (excluding diaryl/α,β-unsaturated/α-hetero) is 1. The summed E-state index contributed by atoms with van der Waals surface area (Å²) in [5, 5.41) is 12.4. The van der Waals surface area contributed by atoms with Crippen molar-refractivity contribution in [1.82, 2.24) is 24.3 Å². The van der Waals surface area contributed by atoms with E-state index in [1.807, 2.05) is 65.6 Å². The van der Waals surface area contributed by atoms with Crippen LogP contribution in [0, 0.1) is 20.8 Å². The first-order chi connectivity index (χ1) is 16.5. The van der Waals surface area contributed by atoms with Crippen molar-refractivity contribution < 1.29 is 9.21 Å². The van der Waals surface area contributed by atoms with E-state index in [1.54, 1.807) is 23.8 Å². The SMILES string of the molecule is Cc1occc1-c1nnc(SCC(=O)c2cc(C)n(-c3nccs3)c2C)n1Cc1ccccc1. The molecule has 0 amide bonds. The van der Waals surface area contributed by atoms with E-state index in [0.717, 1.165) is 39.2 Å². The average molecular weight is 490 g/mol. The number of rotatable bonds is 8. The van der Waals surface area contributed by atoms with Crippen LogP contribution < -0.4 is 0 Å². The molecule has 0 unspecified atom stereocenters. The number of nitrogens with zero attached hydrogens (tertiary/aromatic N) is 5. The van der Waals surface area contributed by atoms with E-state index in [4.69, 9.17) is 4.42 Å². The van der Waals surface area contributed by atoms with Crippen LogP contribution in [0.5, 0.6) is 0 Å². The molecule has 4 aromatic heterocycles. The minimum atomic E-state index is 0.0520. The van der Waals surface area contributed by atoms with Crippen LogP contribution in [0.2, 0.25) is 0 Å². The molecule has 0 aliphatic carbocycles. The molecule has 9 heteroatoms. The standard InChI is InChI=1S/C25H23N5O2S2/c1-16-13-21(17(2)30(16)24-26-10-12-33-24)22(31)15-34-25-28-27-23(20-9-11-32-18(20)3)29(25)14-19-7-5-4-6-8-19/h4-13H,14-15H2,1-3H3. The number of hydrogen-bond acceptors (Lipinski definition) is 7. The highest BCUT2D eigenvalue weighted by molar-refractivity contribution is 7.99. The summed E-state index contributed by atoms with van der Waals surface area (Å²) in [6, 6.07) is 14.0. The summed E-state index contributed by atoms with van der Waals surface area (Å²) in [4.78, 5) is 17.6. The van der Waals surface area contributed by atoms with Crippen molar-refractivity contribution >= 4 is 28.9 Å². The molecule has 5 aromatic rings. The quantitative estimate of drug-likeness (QED) is 0.204. The maximum Gasteiger partial charge on any atom is 0.193 e. The zero-order chi connectivity index (χ0) is 23.7. The van der Waals surface area contributed by atoms with Gasteiger partial charge in [-0.15, -0.1) is 21.5 Å². The van der Waals surface area contributed by atoms with Gasteiger partial charge in [-0.2, -0.15) is 0 Å². The molecule has 0 fully saturated rings. The third-order valence-corrected chi connectivity index (χ3v) is 7.40. The normalized spacial score (nSPS) is 11.3. The number of carbonyl (C=O) groups is 1. The van der Waals surface area contributed by atoms with Crippen LogP contribution in [0.4, 0.5) is 0 Å². The summed E-state index contributed by atoms with van der Waals surface area (Å²) in [5.41, 5.74) is 4.63. The number of furan rings is 1. The predicted octanol–water partition coefficient (Wildman–Crippen LogP) is 5.73. The van der Waals surface area contributed by atoms with Crippen LogP contribution in [-0.4, -0.2) is 35.9 Å². The molecular weight excluding hydrogens is 466 g/mol. The van der Waals surface area contributed by atoms with Crippen molar-refractivity contribution in [3.8, 4) is 16.5 Å². The predicted molar refractivity (Wildman–Crippen MR) is 134 cm³/mol. The number of aromatic nitrogens is 5. The molecule has 0 radical (unpaired) electrons. The van der Waals surface area contributed by atoms with Crippen LogP contribution in [0.3, 0.4) is 0 Å². The van der Waals surface area contributed by atoms with Gasteiger partial charge in [-0.05, 0) is 38.5 Å². The molecule has 34 heavy (non-hydrogen) atoms. The number of ketones is 1. The number of carbonyl (C=O) groups excluding carboxylic acids is 1. The second-order valence-electron chi connectivity index (χ2n) is 7.92. The molecule has 0 aliphatic rings. The molecule has 172 valence electrons. The molecule has 0 saturated heterocycles. The Kier molecular flexibility index (Phi) is 6.21. The lowest BCUT2D eigenvalue weighted by Crippen LogP contribution is -2.08. The van der Waals surface area contributed by atoms with E-state index in [1.165, 1.54) is 11.8 Å². The van der Waals surface area contributed by atoms with Gasteiger partial charge in [-0.1, -0.05) is 42.1 Å². The van der Waals surface area contributed by atoms with Gasteiger partial charge in [0.1, 0.15) is 5.76 Å².